The van der Waals surface area contributed by atoms with Gasteiger partial charge in [0.2, 0.25) is 0 Å². The molecule has 0 aromatic heterocycles. The van der Waals surface area contributed by atoms with Gasteiger partial charge in [0.1, 0.15) is 12.4 Å². The summed E-state index contributed by atoms with van der Waals surface area (Å²) < 4.78 is 5.33. The SMILES string of the molecule is C=CCOc1cccc(/C=N\NC(N)=O)c1. The summed E-state index contributed by atoms with van der Waals surface area (Å²) in [4.78, 5) is 10.4. The summed E-state index contributed by atoms with van der Waals surface area (Å²) in [6, 6.07) is 6.56. The predicted molar refractivity (Wildman–Crippen MR) is 62.4 cm³/mol. The molecule has 0 bridgehead atoms. The highest BCUT2D eigenvalue weighted by Gasteiger charge is 1.93. The summed E-state index contributed by atoms with van der Waals surface area (Å²) in [6.07, 6.45) is 3.14. The summed E-state index contributed by atoms with van der Waals surface area (Å²) in [7, 11) is 0. The van der Waals surface area contributed by atoms with E-state index >= 15 is 0 Å². The van der Waals surface area contributed by atoms with E-state index in [1.807, 2.05) is 18.2 Å². The molecule has 0 aliphatic carbocycles. The van der Waals surface area contributed by atoms with E-state index in [4.69, 9.17) is 10.5 Å². The number of nitrogens with zero attached hydrogens (tertiary/aromatic N) is 1. The third-order valence-electron chi connectivity index (χ3n) is 1.61. The summed E-state index contributed by atoms with van der Waals surface area (Å²) in [5.41, 5.74) is 7.76. The molecule has 0 saturated carbocycles. The van der Waals surface area contributed by atoms with Crippen molar-refractivity contribution < 1.29 is 9.53 Å². The summed E-state index contributed by atoms with van der Waals surface area (Å²) in [5, 5.41) is 3.64. The molecule has 0 aliphatic heterocycles. The largest absolute Gasteiger partial charge is 0.490 e. The van der Waals surface area contributed by atoms with E-state index < -0.39 is 6.03 Å². The van der Waals surface area contributed by atoms with Crippen LogP contribution in [0.1, 0.15) is 5.56 Å². The molecular weight excluding hydrogens is 206 g/mol. The molecule has 0 unspecified atom stereocenters. The van der Waals surface area contributed by atoms with Crippen LogP contribution in [-0.4, -0.2) is 18.9 Å². The highest BCUT2D eigenvalue weighted by Crippen LogP contribution is 2.11. The molecule has 0 atom stereocenters. The zero-order chi connectivity index (χ0) is 11.8. The van der Waals surface area contributed by atoms with E-state index in [0.717, 1.165) is 5.56 Å². The van der Waals surface area contributed by atoms with Crippen LogP contribution in [-0.2, 0) is 0 Å². The number of hydrogen-bond acceptors (Lipinski definition) is 3. The smallest absolute Gasteiger partial charge is 0.332 e. The molecular formula is C11H13N3O2. The van der Waals surface area contributed by atoms with Crippen LogP contribution in [0.15, 0.2) is 42.0 Å². The van der Waals surface area contributed by atoms with Gasteiger partial charge in [-0.1, -0.05) is 24.8 Å². The molecule has 0 aliphatic rings. The van der Waals surface area contributed by atoms with Crippen molar-refractivity contribution in [2.75, 3.05) is 6.61 Å². The van der Waals surface area contributed by atoms with Gasteiger partial charge in [-0.15, -0.1) is 0 Å². The Balaban J connectivity index is 2.62. The molecule has 0 radical (unpaired) electrons. The molecule has 5 nitrogen and oxygen atoms in total. The Kier molecular flexibility index (Phi) is 4.59. The van der Waals surface area contributed by atoms with Crippen LogP contribution in [0.25, 0.3) is 0 Å². The number of carbonyl (C=O) groups is 1. The third-order valence-corrected chi connectivity index (χ3v) is 1.61. The molecule has 1 aromatic carbocycles. The van der Waals surface area contributed by atoms with Gasteiger partial charge in [0.15, 0.2) is 0 Å². The number of urea groups is 1. The van der Waals surface area contributed by atoms with E-state index in [1.54, 1.807) is 12.1 Å². The molecule has 1 rings (SSSR count). The minimum atomic E-state index is -0.699. The second kappa shape index (κ2) is 6.23. The molecule has 0 fully saturated rings. The average molecular weight is 219 g/mol. The average Bonchev–Trinajstić information content (AvgIpc) is 2.26. The van der Waals surface area contributed by atoms with E-state index in [-0.39, 0.29) is 0 Å². The highest BCUT2D eigenvalue weighted by atomic mass is 16.5. The topological polar surface area (TPSA) is 76.7 Å². The summed E-state index contributed by atoms with van der Waals surface area (Å²) in [5.74, 6) is 0.711. The van der Waals surface area contributed by atoms with E-state index in [1.165, 1.54) is 6.21 Å². The van der Waals surface area contributed by atoms with Crippen LogP contribution in [0.5, 0.6) is 5.75 Å². The first-order valence-electron chi connectivity index (χ1n) is 4.64. The fourth-order valence-electron chi connectivity index (χ4n) is 1.01. The van der Waals surface area contributed by atoms with Crippen LogP contribution < -0.4 is 15.9 Å². The second-order valence-corrected chi connectivity index (χ2v) is 2.91. The van der Waals surface area contributed by atoms with E-state index in [2.05, 4.69) is 17.1 Å². The Morgan fingerprint density at radius 1 is 1.62 bits per heavy atom. The maximum Gasteiger partial charge on any atom is 0.332 e. The molecule has 5 heteroatoms. The quantitative estimate of drug-likeness (QED) is 0.444. The standard InChI is InChI=1S/C11H13N3O2/c1-2-6-16-10-5-3-4-9(7-10)8-13-14-11(12)15/h2-5,7-8H,1,6H2,(H3,12,14,15)/b13-8-. The van der Waals surface area contributed by atoms with Gasteiger partial charge >= 0.3 is 6.03 Å². The number of amides is 2. The fraction of sp³-hybridized carbons (Fsp3) is 0.0909. The Morgan fingerprint density at radius 2 is 2.44 bits per heavy atom. The van der Waals surface area contributed by atoms with Crippen LogP contribution >= 0.6 is 0 Å². The predicted octanol–water partition coefficient (Wildman–Crippen LogP) is 1.25. The molecule has 84 valence electrons. The number of carbonyl (C=O) groups excluding carboxylic acids is 1. The van der Waals surface area contributed by atoms with Crippen molar-refractivity contribution in [2.45, 2.75) is 0 Å². The molecule has 2 amide bonds. The number of nitrogens with one attached hydrogen (secondary N) is 1. The Morgan fingerprint density at radius 3 is 3.12 bits per heavy atom. The van der Waals surface area contributed by atoms with Gasteiger partial charge in [0.25, 0.3) is 0 Å². The minimum Gasteiger partial charge on any atom is -0.490 e. The van der Waals surface area contributed by atoms with Gasteiger partial charge in [-0.3, -0.25) is 0 Å². The lowest BCUT2D eigenvalue weighted by Crippen LogP contribution is -2.24. The van der Waals surface area contributed by atoms with Gasteiger partial charge in [-0.25, -0.2) is 10.2 Å². The molecule has 3 N–H and O–H groups in total. The first-order valence-corrected chi connectivity index (χ1v) is 4.64. The van der Waals surface area contributed by atoms with Crippen molar-refractivity contribution in [3.05, 3.63) is 42.5 Å². The minimum absolute atomic E-state index is 0.445. The molecule has 0 spiro atoms. The first-order chi connectivity index (χ1) is 7.72. The van der Waals surface area contributed by atoms with Gasteiger partial charge in [-0.2, -0.15) is 5.10 Å². The van der Waals surface area contributed by atoms with Crippen molar-refractivity contribution in [1.29, 1.82) is 0 Å². The number of hydrazone groups is 1. The van der Waals surface area contributed by atoms with Crippen molar-refractivity contribution >= 4 is 12.2 Å². The van der Waals surface area contributed by atoms with Crippen LogP contribution in [0.3, 0.4) is 0 Å². The lowest BCUT2D eigenvalue weighted by molar-refractivity contribution is 0.249. The van der Waals surface area contributed by atoms with Crippen molar-refractivity contribution in [3.8, 4) is 5.75 Å². The first kappa shape index (κ1) is 11.8. The normalized spacial score (nSPS) is 10.0. The highest BCUT2D eigenvalue weighted by molar-refractivity contribution is 5.81. The van der Waals surface area contributed by atoms with E-state index in [9.17, 15) is 4.79 Å². The van der Waals surface area contributed by atoms with Gasteiger partial charge in [-0.05, 0) is 17.7 Å². The molecule has 0 heterocycles. The maximum absolute atomic E-state index is 10.4. The number of nitrogens with two attached hydrogens (primary N) is 1. The number of primary amides is 1. The monoisotopic (exact) mass is 219 g/mol. The fourth-order valence-corrected chi connectivity index (χ4v) is 1.01. The lowest BCUT2D eigenvalue weighted by Gasteiger charge is -2.03. The number of benzene rings is 1. The Labute approximate surface area is 93.6 Å². The van der Waals surface area contributed by atoms with Crippen LogP contribution in [0.2, 0.25) is 0 Å². The molecule has 0 saturated heterocycles. The third kappa shape index (κ3) is 4.28. The van der Waals surface area contributed by atoms with Crippen molar-refractivity contribution in [2.24, 2.45) is 10.8 Å². The number of ether oxygens (including phenoxy) is 1. The molecule has 1 aromatic rings. The van der Waals surface area contributed by atoms with Gasteiger partial charge in [0.05, 0.1) is 6.21 Å². The summed E-state index contributed by atoms with van der Waals surface area (Å²) >= 11 is 0. The Bertz CT molecular complexity index is 402. The van der Waals surface area contributed by atoms with Gasteiger partial charge < -0.3 is 10.5 Å². The zero-order valence-corrected chi connectivity index (χ0v) is 8.72. The Hall–Kier alpha value is -2.30. The number of hydrogen-bond donors (Lipinski definition) is 2. The van der Waals surface area contributed by atoms with E-state index in [0.29, 0.717) is 12.4 Å². The maximum atomic E-state index is 10.4. The van der Waals surface area contributed by atoms with Crippen LogP contribution in [0.4, 0.5) is 4.79 Å². The van der Waals surface area contributed by atoms with Crippen LogP contribution in [0, 0.1) is 0 Å². The number of rotatable bonds is 5. The van der Waals surface area contributed by atoms with Gasteiger partial charge in [0, 0.05) is 0 Å². The lowest BCUT2D eigenvalue weighted by atomic mass is 10.2. The van der Waals surface area contributed by atoms with Crippen molar-refractivity contribution in [3.63, 3.8) is 0 Å². The summed E-state index contributed by atoms with van der Waals surface area (Å²) in [6.45, 7) is 4.00. The second-order valence-electron chi connectivity index (χ2n) is 2.91. The molecule has 16 heavy (non-hydrogen) atoms. The zero-order valence-electron chi connectivity index (χ0n) is 8.72. The van der Waals surface area contributed by atoms with Crippen molar-refractivity contribution in [1.82, 2.24) is 5.43 Å².